The number of hydrogen-bond acceptors (Lipinski definition) is 4. The van der Waals surface area contributed by atoms with Gasteiger partial charge in [0, 0.05) is 18.3 Å². The van der Waals surface area contributed by atoms with E-state index in [1.54, 1.807) is 0 Å². The average Bonchev–Trinajstić information content (AvgIpc) is 2.27. The molecule has 1 heterocycles. The summed E-state index contributed by atoms with van der Waals surface area (Å²) in [7, 11) is 0. The molecule has 0 radical (unpaired) electrons. The summed E-state index contributed by atoms with van der Waals surface area (Å²) in [6, 6.07) is 1.87. The first-order valence-electron chi connectivity index (χ1n) is 6.25. The Bertz CT molecular complexity index is 419. The SMILES string of the molecule is CCc1cc(NCC(C(=O)O)C(C)C)nc(C)n1. The van der Waals surface area contributed by atoms with E-state index in [4.69, 9.17) is 5.11 Å². The lowest BCUT2D eigenvalue weighted by atomic mass is 9.96. The molecular weight excluding hydrogens is 230 g/mol. The van der Waals surface area contributed by atoms with Crippen LogP contribution in [-0.4, -0.2) is 27.6 Å². The van der Waals surface area contributed by atoms with Crippen LogP contribution in [0.5, 0.6) is 0 Å². The Kier molecular flexibility index (Phi) is 5.07. The number of nitrogens with zero attached hydrogens (tertiary/aromatic N) is 2. The van der Waals surface area contributed by atoms with E-state index in [0.717, 1.165) is 12.1 Å². The Hall–Kier alpha value is -1.65. The number of carboxylic acids is 1. The van der Waals surface area contributed by atoms with Gasteiger partial charge >= 0.3 is 5.97 Å². The summed E-state index contributed by atoms with van der Waals surface area (Å²) < 4.78 is 0. The van der Waals surface area contributed by atoms with Crippen LogP contribution in [0.1, 0.15) is 32.3 Å². The normalized spacial score (nSPS) is 12.5. The van der Waals surface area contributed by atoms with E-state index in [2.05, 4.69) is 15.3 Å². The van der Waals surface area contributed by atoms with Crippen LogP contribution in [0.15, 0.2) is 6.07 Å². The second kappa shape index (κ2) is 6.33. The maximum atomic E-state index is 11.1. The molecule has 0 fully saturated rings. The fourth-order valence-corrected chi connectivity index (χ4v) is 1.72. The first-order valence-corrected chi connectivity index (χ1v) is 6.25. The Balaban J connectivity index is 2.73. The zero-order chi connectivity index (χ0) is 13.7. The van der Waals surface area contributed by atoms with Crippen LogP contribution in [0.2, 0.25) is 0 Å². The van der Waals surface area contributed by atoms with Crippen molar-refractivity contribution in [2.45, 2.75) is 34.1 Å². The van der Waals surface area contributed by atoms with Crippen molar-refractivity contribution in [2.24, 2.45) is 11.8 Å². The number of carbonyl (C=O) groups is 1. The minimum atomic E-state index is -0.779. The van der Waals surface area contributed by atoms with Crippen LogP contribution < -0.4 is 5.32 Å². The summed E-state index contributed by atoms with van der Waals surface area (Å²) in [6.07, 6.45) is 0.838. The molecule has 0 aliphatic heterocycles. The van der Waals surface area contributed by atoms with E-state index in [1.165, 1.54) is 0 Å². The molecule has 0 saturated carbocycles. The Morgan fingerprint density at radius 3 is 2.61 bits per heavy atom. The molecule has 5 nitrogen and oxygen atoms in total. The highest BCUT2D eigenvalue weighted by Gasteiger charge is 2.21. The maximum absolute atomic E-state index is 11.1. The Labute approximate surface area is 108 Å². The van der Waals surface area contributed by atoms with Crippen molar-refractivity contribution in [3.63, 3.8) is 0 Å². The second-order valence-corrected chi connectivity index (χ2v) is 4.71. The van der Waals surface area contributed by atoms with Gasteiger partial charge in [0.25, 0.3) is 0 Å². The number of aliphatic carboxylic acids is 1. The Morgan fingerprint density at radius 2 is 2.11 bits per heavy atom. The first kappa shape index (κ1) is 14.4. The fourth-order valence-electron chi connectivity index (χ4n) is 1.72. The molecule has 0 aliphatic carbocycles. The zero-order valence-electron chi connectivity index (χ0n) is 11.4. The molecule has 1 unspecified atom stereocenters. The van der Waals surface area contributed by atoms with Gasteiger partial charge < -0.3 is 10.4 Å². The van der Waals surface area contributed by atoms with Gasteiger partial charge in [-0.25, -0.2) is 9.97 Å². The van der Waals surface area contributed by atoms with Crippen molar-refractivity contribution < 1.29 is 9.90 Å². The van der Waals surface area contributed by atoms with Crippen LogP contribution in [0, 0.1) is 18.8 Å². The van der Waals surface area contributed by atoms with Gasteiger partial charge in [0.2, 0.25) is 0 Å². The summed E-state index contributed by atoms with van der Waals surface area (Å²) in [5.74, 6) is 0.299. The van der Waals surface area contributed by atoms with Gasteiger partial charge in [-0.3, -0.25) is 4.79 Å². The maximum Gasteiger partial charge on any atom is 0.308 e. The van der Waals surface area contributed by atoms with Crippen LogP contribution in [0.4, 0.5) is 5.82 Å². The van der Waals surface area contributed by atoms with Crippen molar-refractivity contribution in [2.75, 3.05) is 11.9 Å². The standard InChI is InChI=1S/C13H21N3O2/c1-5-10-6-12(16-9(4)15-10)14-7-11(8(2)3)13(17)18/h6,8,11H,5,7H2,1-4H3,(H,17,18)(H,14,15,16). The summed E-state index contributed by atoms with van der Waals surface area (Å²) in [4.78, 5) is 19.6. The van der Waals surface area contributed by atoms with Gasteiger partial charge in [0.1, 0.15) is 11.6 Å². The number of rotatable bonds is 6. The average molecular weight is 251 g/mol. The highest BCUT2D eigenvalue weighted by molar-refractivity contribution is 5.71. The molecule has 18 heavy (non-hydrogen) atoms. The smallest absolute Gasteiger partial charge is 0.308 e. The van der Waals surface area contributed by atoms with Gasteiger partial charge in [-0.2, -0.15) is 0 Å². The molecule has 0 aromatic carbocycles. The minimum Gasteiger partial charge on any atom is -0.481 e. The lowest BCUT2D eigenvalue weighted by Crippen LogP contribution is -2.27. The number of hydrogen-bond donors (Lipinski definition) is 2. The van der Waals surface area contributed by atoms with Gasteiger partial charge in [-0.1, -0.05) is 20.8 Å². The summed E-state index contributed by atoms with van der Waals surface area (Å²) in [6.45, 7) is 8.06. The molecule has 0 saturated heterocycles. The zero-order valence-corrected chi connectivity index (χ0v) is 11.4. The molecule has 5 heteroatoms. The third-order valence-corrected chi connectivity index (χ3v) is 2.88. The topological polar surface area (TPSA) is 75.1 Å². The quantitative estimate of drug-likeness (QED) is 0.810. The fraction of sp³-hybridized carbons (Fsp3) is 0.615. The lowest BCUT2D eigenvalue weighted by Gasteiger charge is -2.17. The predicted octanol–water partition coefficient (Wildman–Crippen LogP) is 2.12. The van der Waals surface area contributed by atoms with Gasteiger partial charge in [0.05, 0.1) is 5.92 Å². The van der Waals surface area contributed by atoms with Gasteiger partial charge in [0.15, 0.2) is 0 Å². The van der Waals surface area contributed by atoms with Crippen molar-refractivity contribution in [3.05, 3.63) is 17.6 Å². The molecule has 0 aliphatic rings. The molecule has 0 amide bonds. The van der Waals surface area contributed by atoms with E-state index >= 15 is 0 Å². The van der Waals surface area contributed by atoms with Crippen LogP contribution in [-0.2, 0) is 11.2 Å². The molecule has 0 bridgehead atoms. The molecule has 2 N–H and O–H groups in total. The largest absolute Gasteiger partial charge is 0.481 e. The number of nitrogens with one attached hydrogen (secondary N) is 1. The molecule has 0 spiro atoms. The number of aryl methyl sites for hydroxylation is 2. The van der Waals surface area contributed by atoms with E-state index in [9.17, 15) is 4.79 Å². The molecule has 1 aromatic rings. The third kappa shape index (κ3) is 3.98. The molecular formula is C13H21N3O2. The third-order valence-electron chi connectivity index (χ3n) is 2.88. The van der Waals surface area contributed by atoms with Crippen molar-refractivity contribution in [3.8, 4) is 0 Å². The van der Waals surface area contributed by atoms with Gasteiger partial charge in [-0.15, -0.1) is 0 Å². The van der Waals surface area contributed by atoms with E-state index < -0.39 is 11.9 Å². The van der Waals surface area contributed by atoms with Crippen LogP contribution in [0.25, 0.3) is 0 Å². The van der Waals surface area contributed by atoms with E-state index in [-0.39, 0.29) is 5.92 Å². The Morgan fingerprint density at radius 1 is 1.44 bits per heavy atom. The van der Waals surface area contributed by atoms with Crippen molar-refractivity contribution in [1.82, 2.24) is 9.97 Å². The van der Waals surface area contributed by atoms with Crippen molar-refractivity contribution in [1.29, 1.82) is 0 Å². The minimum absolute atomic E-state index is 0.0866. The number of aromatic nitrogens is 2. The van der Waals surface area contributed by atoms with Crippen molar-refractivity contribution >= 4 is 11.8 Å². The summed E-state index contributed by atoms with van der Waals surface area (Å²) in [5.41, 5.74) is 0.960. The highest BCUT2D eigenvalue weighted by Crippen LogP contribution is 2.13. The lowest BCUT2D eigenvalue weighted by molar-refractivity contribution is -0.142. The molecule has 100 valence electrons. The molecule has 1 aromatic heterocycles. The monoisotopic (exact) mass is 251 g/mol. The second-order valence-electron chi connectivity index (χ2n) is 4.71. The molecule has 1 rings (SSSR count). The van der Waals surface area contributed by atoms with Gasteiger partial charge in [-0.05, 0) is 19.3 Å². The predicted molar refractivity (Wildman–Crippen MR) is 70.6 cm³/mol. The number of anilines is 1. The van der Waals surface area contributed by atoms with Crippen LogP contribution in [0.3, 0.4) is 0 Å². The summed E-state index contributed by atoms with van der Waals surface area (Å²) >= 11 is 0. The van der Waals surface area contributed by atoms with E-state index in [0.29, 0.717) is 18.2 Å². The summed E-state index contributed by atoms with van der Waals surface area (Å²) in [5, 5.41) is 12.2. The number of carboxylic acid groups (broad SMARTS) is 1. The first-order chi connectivity index (χ1) is 8.43. The molecule has 1 atom stereocenters. The van der Waals surface area contributed by atoms with Crippen LogP contribution >= 0.6 is 0 Å². The highest BCUT2D eigenvalue weighted by atomic mass is 16.4. The van der Waals surface area contributed by atoms with E-state index in [1.807, 2.05) is 33.8 Å².